The number of nitrogens with two attached hydrogens (primary N) is 1. The summed E-state index contributed by atoms with van der Waals surface area (Å²) in [5.41, 5.74) is 9.16. The summed E-state index contributed by atoms with van der Waals surface area (Å²) in [6.45, 7) is 4.14. The molecule has 2 aromatic rings. The Hall–Kier alpha value is -1.23. The largest absolute Gasteiger partial charge is 0.368 e. The topological polar surface area (TPSA) is 64.7 Å². The Morgan fingerprint density at radius 1 is 1.38 bits per heavy atom. The number of fused-ring (bicyclic) bond motifs is 1. The Kier molecular flexibility index (Phi) is 1.88. The molecule has 2 N–H and O–H groups in total. The second-order valence-electron chi connectivity index (χ2n) is 3.13. The number of nitrogen functional groups attached to an aromatic ring is 1. The Labute approximate surface area is 79.8 Å². The number of aromatic nitrogens is 3. The maximum atomic E-state index is 5.58. The third-order valence-corrected chi connectivity index (χ3v) is 2.51. The summed E-state index contributed by atoms with van der Waals surface area (Å²) >= 11 is 1.49. The highest BCUT2D eigenvalue weighted by Gasteiger charge is 2.11. The Morgan fingerprint density at radius 3 is 2.85 bits per heavy atom. The molecule has 0 saturated carbocycles. The van der Waals surface area contributed by atoms with Crippen molar-refractivity contribution >= 4 is 27.6 Å². The van der Waals surface area contributed by atoms with Crippen LogP contribution in [0.1, 0.15) is 25.5 Å². The fourth-order valence-corrected chi connectivity index (χ4v) is 1.88. The first-order valence-electron chi connectivity index (χ1n) is 4.05. The van der Waals surface area contributed by atoms with E-state index in [1.54, 1.807) is 5.51 Å². The van der Waals surface area contributed by atoms with E-state index < -0.39 is 0 Å². The van der Waals surface area contributed by atoms with Gasteiger partial charge >= 0.3 is 0 Å². The molecule has 0 bridgehead atoms. The first-order chi connectivity index (χ1) is 6.18. The average molecular weight is 194 g/mol. The molecule has 2 rings (SSSR count). The van der Waals surface area contributed by atoms with Gasteiger partial charge in [-0.25, -0.2) is 15.0 Å². The molecule has 0 aliphatic carbocycles. The fraction of sp³-hybridized carbons (Fsp3) is 0.375. The Balaban J connectivity index is 2.77. The highest BCUT2D eigenvalue weighted by molar-refractivity contribution is 7.16. The second-order valence-corrected chi connectivity index (χ2v) is 3.96. The monoisotopic (exact) mass is 194 g/mol. The zero-order chi connectivity index (χ0) is 9.42. The smallest absolute Gasteiger partial charge is 0.221 e. The van der Waals surface area contributed by atoms with E-state index in [0.717, 1.165) is 16.0 Å². The van der Waals surface area contributed by atoms with Gasteiger partial charge in [0, 0.05) is 0 Å². The Bertz CT molecular complexity index is 435. The summed E-state index contributed by atoms with van der Waals surface area (Å²) in [7, 11) is 0. The summed E-state index contributed by atoms with van der Waals surface area (Å²) in [4.78, 5) is 13.4. The van der Waals surface area contributed by atoms with Crippen LogP contribution in [0.3, 0.4) is 0 Å². The molecule has 0 aliphatic rings. The molecule has 0 saturated heterocycles. The lowest BCUT2D eigenvalue weighted by Crippen LogP contribution is -2.01. The van der Waals surface area contributed by atoms with Gasteiger partial charge < -0.3 is 5.73 Å². The van der Waals surface area contributed by atoms with Crippen LogP contribution in [-0.4, -0.2) is 15.0 Å². The van der Waals surface area contributed by atoms with Crippen molar-refractivity contribution in [3.05, 3.63) is 11.2 Å². The van der Waals surface area contributed by atoms with Gasteiger partial charge in [0.15, 0.2) is 0 Å². The van der Waals surface area contributed by atoms with Crippen molar-refractivity contribution in [2.45, 2.75) is 19.8 Å². The molecule has 0 amide bonds. The van der Waals surface area contributed by atoms with Crippen LogP contribution in [0.4, 0.5) is 5.95 Å². The van der Waals surface area contributed by atoms with E-state index in [9.17, 15) is 0 Å². The highest BCUT2D eigenvalue weighted by atomic mass is 32.1. The van der Waals surface area contributed by atoms with Crippen molar-refractivity contribution in [1.82, 2.24) is 15.0 Å². The summed E-state index contributed by atoms with van der Waals surface area (Å²) in [6.07, 6.45) is 0. The molecule has 0 unspecified atom stereocenters. The molecular weight excluding hydrogens is 184 g/mol. The molecular formula is C8H10N4S. The van der Waals surface area contributed by atoms with E-state index in [1.807, 2.05) is 0 Å². The number of hydrogen-bond donors (Lipinski definition) is 1. The molecule has 0 aliphatic heterocycles. The van der Waals surface area contributed by atoms with E-state index in [1.165, 1.54) is 11.3 Å². The maximum Gasteiger partial charge on any atom is 0.221 e. The molecule has 68 valence electrons. The van der Waals surface area contributed by atoms with Gasteiger partial charge in [-0.05, 0) is 5.92 Å². The molecule has 2 heterocycles. The van der Waals surface area contributed by atoms with E-state index in [0.29, 0.717) is 11.9 Å². The molecule has 5 heteroatoms. The van der Waals surface area contributed by atoms with Crippen LogP contribution >= 0.6 is 11.3 Å². The van der Waals surface area contributed by atoms with Gasteiger partial charge in [0.05, 0.1) is 11.2 Å². The Morgan fingerprint density at radius 2 is 2.15 bits per heavy atom. The van der Waals surface area contributed by atoms with E-state index in [2.05, 4.69) is 28.8 Å². The summed E-state index contributed by atoms with van der Waals surface area (Å²) in [6, 6.07) is 0. The SMILES string of the molecule is CC(C)c1nc(N)nc2scnc12. The minimum Gasteiger partial charge on any atom is -0.368 e. The number of anilines is 1. The summed E-state index contributed by atoms with van der Waals surface area (Å²) < 4.78 is 0. The van der Waals surface area contributed by atoms with Gasteiger partial charge in [-0.3, -0.25) is 0 Å². The van der Waals surface area contributed by atoms with E-state index in [4.69, 9.17) is 5.73 Å². The van der Waals surface area contributed by atoms with Crippen LogP contribution in [0, 0.1) is 0 Å². The number of thiazole rings is 1. The van der Waals surface area contributed by atoms with Crippen LogP contribution in [0.5, 0.6) is 0 Å². The van der Waals surface area contributed by atoms with Gasteiger partial charge in [0.1, 0.15) is 10.3 Å². The number of rotatable bonds is 1. The van der Waals surface area contributed by atoms with Crippen molar-refractivity contribution in [1.29, 1.82) is 0 Å². The van der Waals surface area contributed by atoms with Crippen LogP contribution < -0.4 is 5.73 Å². The number of hydrogen-bond acceptors (Lipinski definition) is 5. The normalized spacial score (nSPS) is 11.3. The zero-order valence-electron chi connectivity index (χ0n) is 7.48. The van der Waals surface area contributed by atoms with Crippen molar-refractivity contribution in [2.24, 2.45) is 0 Å². The van der Waals surface area contributed by atoms with Gasteiger partial charge in [-0.2, -0.15) is 0 Å². The minimum absolute atomic E-state index is 0.329. The van der Waals surface area contributed by atoms with Crippen molar-refractivity contribution in [3.8, 4) is 0 Å². The van der Waals surface area contributed by atoms with Crippen LogP contribution in [-0.2, 0) is 0 Å². The lowest BCUT2D eigenvalue weighted by molar-refractivity contribution is 0.829. The standard InChI is InChI=1S/C8H10N4S/c1-4(2)5-6-7(13-3-10-6)12-8(9)11-5/h3-4H,1-2H3,(H2,9,11,12). The summed E-state index contributed by atoms with van der Waals surface area (Å²) in [5.74, 6) is 0.662. The predicted octanol–water partition coefficient (Wildman–Crippen LogP) is 1.79. The van der Waals surface area contributed by atoms with E-state index >= 15 is 0 Å². The molecule has 0 radical (unpaired) electrons. The minimum atomic E-state index is 0.329. The molecule has 0 spiro atoms. The molecule has 13 heavy (non-hydrogen) atoms. The third-order valence-electron chi connectivity index (χ3n) is 1.79. The van der Waals surface area contributed by atoms with Crippen molar-refractivity contribution < 1.29 is 0 Å². The highest BCUT2D eigenvalue weighted by Crippen LogP contribution is 2.24. The van der Waals surface area contributed by atoms with Gasteiger partial charge in [-0.1, -0.05) is 13.8 Å². The molecule has 0 aromatic carbocycles. The van der Waals surface area contributed by atoms with Crippen LogP contribution in [0.25, 0.3) is 10.3 Å². The fourth-order valence-electron chi connectivity index (χ4n) is 1.20. The zero-order valence-corrected chi connectivity index (χ0v) is 8.30. The molecule has 0 fully saturated rings. The first kappa shape index (κ1) is 8.37. The average Bonchev–Trinajstić information content (AvgIpc) is 2.49. The van der Waals surface area contributed by atoms with Gasteiger partial charge in [0.2, 0.25) is 5.95 Å². The number of nitrogens with zero attached hydrogens (tertiary/aromatic N) is 3. The van der Waals surface area contributed by atoms with Crippen LogP contribution in [0.15, 0.2) is 5.51 Å². The molecule has 4 nitrogen and oxygen atoms in total. The predicted molar refractivity (Wildman–Crippen MR) is 53.7 cm³/mol. The quantitative estimate of drug-likeness (QED) is 0.751. The van der Waals surface area contributed by atoms with Crippen LogP contribution in [0.2, 0.25) is 0 Å². The molecule has 2 aromatic heterocycles. The van der Waals surface area contributed by atoms with Gasteiger partial charge in [-0.15, -0.1) is 11.3 Å². The van der Waals surface area contributed by atoms with E-state index in [-0.39, 0.29) is 0 Å². The first-order valence-corrected chi connectivity index (χ1v) is 4.93. The molecule has 0 atom stereocenters. The maximum absolute atomic E-state index is 5.58. The third kappa shape index (κ3) is 1.35. The second kappa shape index (κ2) is 2.92. The summed E-state index contributed by atoms with van der Waals surface area (Å²) in [5, 5.41) is 0. The van der Waals surface area contributed by atoms with Gasteiger partial charge in [0.25, 0.3) is 0 Å². The van der Waals surface area contributed by atoms with Crippen molar-refractivity contribution in [2.75, 3.05) is 5.73 Å². The lowest BCUT2D eigenvalue weighted by atomic mass is 10.1. The van der Waals surface area contributed by atoms with Crippen molar-refractivity contribution in [3.63, 3.8) is 0 Å². The lowest BCUT2D eigenvalue weighted by Gasteiger charge is -2.04.